The summed E-state index contributed by atoms with van der Waals surface area (Å²) in [6.07, 6.45) is 4.19. The van der Waals surface area contributed by atoms with Gasteiger partial charge in [0.15, 0.2) is 11.5 Å². The Labute approximate surface area is 279 Å². The fourth-order valence-corrected chi connectivity index (χ4v) is 7.64. The van der Waals surface area contributed by atoms with Crippen molar-refractivity contribution in [2.75, 3.05) is 24.6 Å². The molecule has 0 bridgehead atoms. The van der Waals surface area contributed by atoms with Crippen molar-refractivity contribution in [1.29, 1.82) is 0 Å². The summed E-state index contributed by atoms with van der Waals surface area (Å²) < 4.78 is 13.3. The fourth-order valence-electron chi connectivity index (χ4n) is 6.86. The summed E-state index contributed by atoms with van der Waals surface area (Å²) in [4.78, 5) is 7.73. The molecule has 0 unspecified atom stereocenters. The summed E-state index contributed by atoms with van der Waals surface area (Å²) in [5.41, 5.74) is 10.1. The lowest BCUT2D eigenvalue weighted by Gasteiger charge is -2.43. The molecule has 2 atom stereocenters. The molecule has 7 rings (SSSR count). The maximum absolute atomic E-state index is 6.26. The molecule has 0 fully saturated rings. The van der Waals surface area contributed by atoms with Crippen LogP contribution >= 0.6 is 22.6 Å². The molecule has 0 saturated carbocycles. The van der Waals surface area contributed by atoms with E-state index in [1.807, 2.05) is 37.4 Å². The zero-order chi connectivity index (χ0) is 30.6. The number of aliphatic imine (C=N–C) groups is 1. The molecule has 0 amide bonds. The fraction of sp³-hybridized carbons (Fsp3) is 0.225. The smallest absolute Gasteiger partial charge is 0.175 e. The molecule has 2 aliphatic rings. The van der Waals surface area contributed by atoms with Gasteiger partial charge in [-0.25, -0.2) is 0 Å². The van der Waals surface area contributed by atoms with Crippen LogP contribution in [0.15, 0.2) is 120 Å². The van der Waals surface area contributed by atoms with Gasteiger partial charge in [0.1, 0.15) is 6.61 Å². The third-order valence-electron chi connectivity index (χ3n) is 8.92. The van der Waals surface area contributed by atoms with Crippen molar-refractivity contribution in [1.82, 2.24) is 0 Å². The first kappa shape index (κ1) is 29.6. The predicted molar refractivity (Wildman–Crippen MR) is 193 cm³/mol. The number of ether oxygens (including phenoxy) is 2. The van der Waals surface area contributed by atoms with Crippen LogP contribution in [0.25, 0.3) is 0 Å². The first-order valence-corrected chi connectivity index (χ1v) is 17.0. The summed E-state index contributed by atoms with van der Waals surface area (Å²) >= 11 is 2.34. The van der Waals surface area contributed by atoms with Crippen LogP contribution in [-0.4, -0.2) is 25.9 Å². The molecule has 4 nitrogen and oxygen atoms in total. The third-order valence-corrected chi connectivity index (χ3v) is 9.72. The van der Waals surface area contributed by atoms with Gasteiger partial charge in [0.25, 0.3) is 0 Å². The number of halogens is 1. The Morgan fingerprint density at radius 1 is 0.756 bits per heavy atom. The van der Waals surface area contributed by atoms with Crippen molar-refractivity contribution in [2.24, 2.45) is 4.99 Å². The maximum atomic E-state index is 6.26. The van der Waals surface area contributed by atoms with E-state index in [4.69, 9.17) is 14.5 Å². The first-order chi connectivity index (χ1) is 22.2. The largest absolute Gasteiger partial charge is 0.490 e. The number of anilines is 1. The molecule has 2 heterocycles. The summed E-state index contributed by atoms with van der Waals surface area (Å²) in [5, 5.41) is 0. The number of rotatable bonds is 9. The van der Waals surface area contributed by atoms with E-state index in [2.05, 4.69) is 118 Å². The zero-order valence-corrected chi connectivity index (χ0v) is 27.7. The van der Waals surface area contributed by atoms with Gasteiger partial charge < -0.3 is 14.4 Å². The van der Waals surface area contributed by atoms with E-state index in [-0.39, 0.29) is 0 Å². The molecule has 0 aromatic heterocycles. The summed E-state index contributed by atoms with van der Waals surface area (Å²) in [7, 11) is 0. The average molecular weight is 705 g/mol. The minimum Gasteiger partial charge on any atom is -0.490 e. The number of hydrogen-bond acceptors (Lipinski definition) is 4. The van der Waals surface area contributed by atoms with Gasteiger partial charge in [0.05, 0.1) is 15.9 Å². The molecule has 5 heteroatoms. The summed E-state index contributed by atoms with van der Waals surface area (Å²) in [6.45, 7) is 5.22. The maximum Gasteiger partial charge on any atom is 0.175 e. The van der Waals surface area contributed by atoms with Gasteiger partial charge in [-0.1, -0.05) is 91.0 Å². The van der Waals surface area contributed by atoms with E-state index in [9.17, 15) is 0 Å². The Kier molecular flexibility index (Phi) is 8.87. The monoisotopic (exact) mass is 704 g/mol. The Hall–Kier alpha value is -4.10. The topological polar surface area (TPSA) is 34.1 Å². The van der Waals surface area contributed by atoms with E-state index in [0.717, 1.165) is 57.8 Å². The molecule has 226 valence electrons. The van der Waals surface area contributed by atoms with E-state index in [0.29, 0.717) is 25.0 Å². The Morgan fingerprint density at radius 3 is 1.91 bits per heavy atom. The van der Waals surface area contributed by atoms with Crippen LogP contribution in [0.1, 0.15) is 65.0 Å². The average Bonchev–Trinajstić information content (AvgIpc) is 3.08. The quantitative estimate of drug-likeness (QED) is 0.113. The minimum atomic E-state index is 0.354. The molecule has 5 aromatic rings. The highest BCUT2D eigenvalue weighted by Gasteiger charge is 2.35. The Balaban J connectivity index is 1.26. The first-order valence-electron chi connectivity index (χ1n) is 15.9. The molecule has 0 saturated heterocycles. The molecule has 0 spiro atoms. The van der Waals surface area contributed by atoms with Crippen LogP contribution in [0.5, 0.6) is 11.5 Å². The number of hydrogen-bond donors (Lipinski definition) is 0. The lowest BCUT2D eigenvalue weighted by atomic mass is 9.76. The minimum absolute atomic E-state index is 0.354. The van der Waals surface area contributed by atoms with Crippen LogP contribution in [0.4, 0.5) is 11.4 Å². The zero-order valence-electron chi connectivity index (χ0n) is 25.5. The molecule has 45 heavy (non-hydrogen) atoms. The van der Waals surface area contributed by atoms with Crippen LogP contribution < -0.4 is 14.4 Å². The van der Waals surface area contributed by atoms with Crippen LogP contribution in [0.2, 0.25) is 0 Å². The highest BCUT2D eigenvalue weighted by Crippen LogP contribution is 2.50. The molecule has 0 radical (unpaired) electrons. The van der Waals surface area contributed by atoms with Crippen LogP contribution in [-0.2, 0) is 6.61 Å². The van der Waals surface area contributed by atoms with E-state index < -0.39 is 0 Å². The molecule has 0 aliphatic carbocycles. The molecule has 2 aliphatic heterocycles. The second kappa shape index (κ2) is 13.5. The van der Waals surface area contributed by atoms with Crippen molar-refractivity contribution in [3.63, 3.8) is 0 Å². The molecular weight excluding hydrogens is 667 g/mol. The number of nitrogens with zero attached hydrogens (tertiary/aromatic N) is 2. The number of benzene rings is 5. The second-order valence-electron chi connectivity index (χ2n) is 11.8. The van der Waals surface area contributed by atoms with E-state index >= 15 is 0 Å². The van der Waals surface area contributed by atoms with Gasteiger partial charge in [-0.2, -0.15) is 0 Å². The summed E-state index contributed by atoms with van der Waals surface area (Å²) in [5.74, 6) is 2.22. The van der Waals surface area contributed by atoms with Crippen LogP contribution in [0.3, 0.4) is 0 Å². The van der Waals surface area contributed by atoms with Crippen LogP contribution in [0, 0.1) is 3.57 Å². The van der Waals surface area contributed by atoms with Crippen molar-refractivity contribution in [3.05, 3.63) is 152 Å². The lowest BCUT2D eigenvalue weighted by Crippen LogP contribution is -2.37. The van der Waals surface area contributed by atoms with Gasteiger partial charge >= 0.3 is 0 Å². The molecular formula is C40H37IN2O2. The highest BCUT2D eigenvalue weighted by molar-refractivity contribution is 14.1. The SMILES string of the molecule is CCOc1cc(C=Nc2cc3c4c(c2)[C@@H](c2ccccc2)CCN4CC[C@@H]3c2ccccc2)cc(I)c1OCc1ccccc1. The molecule has 5 aromatic carbocycles. The third kappa shape index (κ3) is 6.36. The standard InChI is InChI=1S/C40H37IN2O2/c1-2-44-38-23-29(22-37(41)40(38)45-27-28-12-6-3-7-13-28)26-42-32-24-35-33(30-14-8-4-9-15-30)18-20-43-21-19-34(36(25-32)39(35)43)31-16-10-5-11-17-31/h3-17,22-26,33-34H,2,18-21,27H2,1H3/t33-,34-/m1/s1. The van der Waals surface area contributed by atoms with E-state index in [1.54, 1.807) is 0 Å². The van der Waals surface area contributed by atoms with Gasteiger partial charge in [-0.15, -0.1) is 0 Å². The lowest BCUT2D eigenvalue weighted by molar-refractivity contribution is 0.267. The van der Waals surface area contributed by atoms with Gasteiger partial charge in [0.2, 0.25) is 0 Å². The van der Waals surface area contributed by atoms with Crippen molar-refractivity contribution >= 4 is 40.2 Å². The normalized spacial score (nSPS) is 17.2. The predicted octanol–water partition coefficient (Wildman–Crippen LogP) is 9.90. The van der Waals surface area contributed by atoms with Crippen molar-refractivity contribution in [3.8, 4) is 11.5 Å². The molecule has 0 N–H and O–H groups in total. The Bertz CT molecular complexity index is 1720. The van der Waals surface area contributed by atoms with Gasteiger partial charge in [0, 0.05) is 36.8 Å². The highest BCUT2D eigenvalue weighted by atomic mass is 127. The van der Waals surface area contributed by atoms with Crippen molar-refractivity contribution < 1.29 is 9.47 Å². The summed E-state index contributed by atoms with van der Waals surface area (Å²) in [6, 6.07) is 41.0. The van der Waals surface area contributed by atoms with Crippen molar-refractivity contribution in [2.45, 2.75) is 38.2 Å². The van der Waals surface area contributed by atoms with Gasteiger partial charge in [-0.3, -0.25) is 4.99 Å². The van der Waals surface area contributed by atoms with E-state index in [1.165, 1.54) is 27.9 Å². The Morgan fingerprint density at radius 2 is 1.33 bits per heavy atom. The second-order valence-corrected chi connectivity index (χ2v) is 12.9. The van der Waals surface area contributed by atoms with Gasteiger partial charge in [-0.05, 0) is 100 Å².